The van der Waals surface area contributed by atoms with Gasteiger partial charge in [0.2, 0.25) is 0 Å². The molecule has 3 rings (SSSR count). The summed E-state index contributed by atoms with van der Waals surface area (Å²) >= 11 is 0. The molecule has 0 aliphatic carbocycles. The van der Waals surface area contributed by atoms with Gasteiger partial charge in [-0.1, -0.05) is 13.2 Å². The topological polar surface area (TPSA) is 78.9 Å². The van der Waals surface area contributed by atoms with E-state index in [1.807, 2.05) is 0 Å². The maximum atomic E-state index is 12.0. The normalized spacial score (nSPS) is 33.8. The predicted octanol–water partition coefficient (Wildman–Crippen LogP) is 1.77. The first-order valence-corrected chi connectivity index (χ1v) is 7.65. The Labute approximate surface area is 139 Å². The van der Waals surface area contributed by atoms with E-state index in [9.17, 15) is 14.4 Å². The Bertz CT molecular complexity index is 726. The summed E-state index contributed by atoms with van der Waals surface area (Å²) in [6.07, 6.45) is 1.17. The van der Waals surface area contributed by atoms with E-state index in [0.29, 0.717) is 11.3 Å². The standard InChI is InChI=1S/C18H18O6/c1-8(2)17(20)23-14-5-9(3)12-6-11(19)13(22-12)7-15-16(14)10(4)18(21)24-15/h5-6,13-16H,1,4,7H2,2-3H3/b9-5-/t13-,14+,15-,16+/m0/s1. The molecule has 3 heterocycles. The highest BCUT2D eigenvalue weighted by atomic mass is 16.6. The molecule has 0 aromatic carbocycles. The molecule has 0 saturated carbocycles. The van der Waals surface area contributed by atoms with Gasteiger partial charge in [-0.15, -0.1) is 0 Å². The zero-order valence-electron chi connectivity index (χ0n) is 13.5. The van der Waals surface area contributed by atoms with Gasteiger partial charge in [0.15, 0.2) is 11.9 Å². The van der Waals surface area contributed by atoms with Crippen molar-refractivity contribution in [2.24, 2.45) is 5.92 Å². The van der Waals surface area contributed by atoms with Gasteiger partial charge in [0, 0.05) is 23.6 Å². The summed E-state index contributed by atoms with van der Waals surface area (Å²) in [4.78, 5) is 36.0. The van der Waals surface area contributed by atoms with E-state index in [0.717, 1.165) is 0 Å². The number of hydrogen-bond acceptors (Lipinski definition) is 6. The smallest absolute Gasteiger partial charge is 0.334 e. The summed E-state index contributed by atoms with van der Waals surface area (Å²) in [5.41, 5.74) is 1.13. The van der Waals surface area contributed by atoms with Crippen molar-refractivity contribution in [3.05, 3.63) is 47.8 Å². The molecule has 6 heteroatoms. The molecule has 3 aliphatic heterocycles. The maximum absolute atomic E-state index is 12.0. The zero-order valence-corrected chi connectivity index (χ0v) is 13.5. The summed E-state index contributed by atoms with van der Waals surface area (Å²) in [5, 5.41) is 0. The van der Waals surface area contributed by atoms with Crippen LogP contribution in [0.1, 0.15) is 20.3 Å². The van der Waals surface area contributed by atoms with E-state index < -0.39 is 36.2 Å². The van der Waals surface area contributed by atoms with Crippen molar-refractivity contribution in [3.8, 4) is 0 Å². The Kier molecular flexibility index (Phi) is 3.91. The van der Waals surface area contributed by atoms with Gasteiger partial charge in [0.25, 0.3) is 0 Å². The number of carbonyl (C=O) groups excluding carboxylic acids is 3. The minimum Gasteiger partial charge on any atom is -0.482 e. The monoisotopic (exact) mass is 330 g/mol. The van der Waals surface area contributed by atoms with Crippen molar-refractivity contribution in [1.29, 1.82) is 0 Å². The van der Waals surface area contributed by atoms with Gasteiger partial charge in [0.1, 0.15) is 18.0 Å². The molecule has 0 aromatic rings. The van der Waals surface area contributed by atoms with Crippen molar-refractivity contribution in [3.63, 3.8) is 0 Å². The zero-order chi connectivity index (χ0) is 17.6. The lowest BCUT2D eigenvalue weighted by atomic mass is 9.86. The minimum absolute atomic E-state index is 0.164. The Hall–Kier alpha value is -2.63. The number of ketones is 1. The van der Waals surface area contributed by atoms with Gasteiger partial charge in [-0.2, -0.15) is 0 Å². The summed E-state index contributed by atoms with van der Waals surface area (Å²) in [6.45, 7) is 10.6. The van der Waals surface area contributed by atoms with E-state index in [-0.39, 0.29) is 23.4 Å². The predicted molar refractivity (Wildman–Crippen MR) is 83.5 cm³/mol. The van der Waals surface area contributed by atoms with Crippen LogP contribution < -0.4 is 0 Å². The van der Waals surface area contributed by atoms with Crippen LogP contribution in [-0.2, 0) is 28.6 Å². The largest absolute Gasteiger partial charge is 0.482 e. The van der Waals surface area contributed by atoms with Crippen molar-refractivity contribution in [2.75, 3.05) is 0 Å². The fourth-order valence-electron chi connectivity index (χ4n) is 3.06. The van der Waals surface area contributed by atoms with Crippen LogP contribution in [0.5, 0.6) is 0 Å². The van der Waals surface area contributed by atoms with Crippen molar-refractivity contribution >= 4 is 17.7 Å². The lowest BCUT2D eigenvalue weighted by Gasteiger charge is -2.25. The molecule has 0 N–H and O–H groups in total. The SMILES string of the molecule is C=C(C)C(=O)O[C@@H]1/C=C(/C)C2=CC(=O)[C@H](C[C@@H]3OC(=O)C(=C)[C@@H]31)O2. The van der Waals surface area contributed by atoms with Gasteiger partial charge < -0.3 is 14.2 Å². The lowest BCUT2D eigenvalue weighted by molar-refractivity contribution is -0.146. The van der Waals surface area contributed by atoms with Gasteiger partial charge in [0.05, 0.1) is 5.92 Å². The molecule has 2 bridgehead atoms. The van der Waals surface area contributed by atoms with Crippen LogP contribution in [-0.4, -0.2) is 36.0 Å². The third kappa shape index (κ3) is 2.68. The first-order chi connectivity index (χ1) is 11.3. The highest BCUT2D eigenvalue weighted by molar-refractivity contribution is 5.97. The number of esters is 2. The second-order valence-corrected chi connectivity index (χ2v) is 6.25. The average molecular weight is 330 g/mol. The average Bonchev–Trinajstić information content (AvgIpc) is 3.00. The first kappa shape index (κ1) is 16.2. The molecule has 6 nitrogen and oxygen atoms in total. The van der Waals surface area contributed by atoms with Crippen molar-refractivity contribution < 1.29 is 28.6 Å². The maximum Gasteiger partial charge on any atom is 0.334 e. The highest BCUT2D eigenvalue weighted by Gasteiger charge is 2.48. The summed E-state index contributed by atoms with van der Waals surface area (Å²) in [6, 6.07) is 0. The summed E-state index contributed by atoms with van der Waals surface area (Å²) in [5.74, 6) is -1.40. The third-order valence-corrected chi connectivity index (χ3v) is 4.38. The van der Waals surface area contributed by atoms with Crippen LogP contribution in [0.3, 0.4) is 0 Å². The van der Waals surface area contributed by atoms with E-state index in [1.54, 1.807) is 19.9 Å². The first-order valence-electron chi connectivity index (χ1n) is 7.65. The molecule has 0 amide bonds. The summed E-state index contributed by atoms with van der Waals surface area (Å²) in [7, 11) is 0. The quantitative estimate of drug-likeness (QED) is 0.567. The van der Waals surface area contributed by atoms with E-state index >= 15 is 0 Å². The molecule has 1 fully saturated rings. The second-order valence-electron chi connectivity index (χ2n) is 6.25. The van der Waals surface area contributed by atoms with Crippen LogP contribution in [0.15, 0.2) is 47.8 Å². The van der Waals surface area contributed by atoms with Gasteiger partial charge in [-0.25, -0.2) is 9.59 Å². The van der Waals surface area contributed by atoms with E-state index in [1.165, 1.54) is 6.08 Å². The Balaban J connectivity index is 2.03. The van der Waals surface area contributed by atoms with Crippen LogP contribution in [0, 0.1) is 5.92 Å². The fourth-order valence-corrected chi connectivity index (χ4v) is 3.06. The molecule has 0 aromatic heterocycles. The van der Waals surface area contributed by atoms with Crippen LogP contribution in [0.4, 0.5) is 0 Å². The second kappa shape index (κ2) is 5.78. The molecule has 126 valence electrons. The van der Waals surface area contributed by atoms with Crippen molar-refractivity contribution in [1.82, 2.24) is 0 Å². The number of hydrogen-bond donors (Lipinski definition) is 0. The van der Waals surface area contributed by atoms with Crippen LogP contribution in [0.2, 0.25) is 0 Å². The Morgan fingerprint density at radius 1 is 1.33 bits per heavy atom. The number of carbonyl (C=O) groups is 3. The molecule has 1 saturated heterocycles. The third-order valence-electron chi connectivity index (χ3n) is 4.38. The van der Waals surface area contributed by atoms with Gasteiger partial charge >= 0.3 is 11.9 Å². The number of allylic oxidation sites excluding steroid dienone is 1. The lowest BCUT2D eigenvalue weighted by Crippen LogP contribution is -2.35. The van der Waals surface area contributed by atoms with Gasteiger partial charge in [-0.05, 0) is 25.5 Å². The molecular weight excluding hydrogens is 312 g/mol. The Morgan fingerprint density at radius 3 is 2.71 bits per heavy atom. The molecule has 0 unspecified atom stereocenters. The molecule has 0 radical (unpaired) electrons. The highest BCUT2D eigenvalue weighted by Crippen LogP contribution is 2.39. The molecule has 0 spiro atoms. The van der Waals surface area contributed by atoms with Gasteiger partial charge in [-0.3, -0.25) is 4.79 Å². The van der Waals surface area contributed by atoms with Crippen LogP contribution in [0.25, 0.3) is 0 Å². The molecule has 4 atom stereocenters. The van der Waals surface area contributed by atoms with Crippen molar-refractivity contribution in [2.45, 2.75) is 38.6 Å². The molecule has 3 aliphatic rings. The van der Waals surface area contributed by atoms with E-state index in [2.05, 4.69) is 13.2 Å². The summed E-state index contributed by atoms with van der Waals surface area (Å²) < 4.78 is 16.5. The number of rotatable bonds is 2. The number of fused-ring (bicyclic) bond motifs is 3. The van der Waals surface area contributed by atoms with Crippen LogP contribution >= 0.6 is 0 Å². The fraction of sp³-hybridized carbons (Fsp3) is 0.389. The Morgan fingerprint density at radius 2 is 2.04 bits per heavy atom. The molecular formula is C18H18O6. The number of ether oxygens (including phenoxy) is 3. The van der Waals surface area contributed by atoms with E-state index in [4.69, 9.17) is 14.2 Å². The molecule has 24 heavy (non-hydrogen) atoms. The minimum atomic E-state index is -0.753.